The number of nitro groups is 1. The van der Waals surface area contributed by atoms with Crippen LogP contribution in [0.4, 0.5) is 11.5 Å². The first-order valence-corrected chi connectivity index (χ1v) is 7.18. The molecule has 0 spiro atoms. The van der Waals surface area contributed by atoms with Crippen molar-refractivity contribution in [1.82, 2.24) is 9.78 Å². The monoisotopic (exact) mass is 298 g/mol. The number of anilines is 1. The maximum Gasteiger partial charge on any atom is 0.333 e. The molecule has 0 saturated heterocycles. The molecule has 1 aromatic rings. The summed E-state index contributed by atoms with van der Waals surface area (Å²) in [5.41, 5.74) is 0.356. The van der Waals surface area contributed by atoms with E-state index >= 15 is 0 Å². The fourth-order valence-electron chi connectivity index (χ4n) is 2.29. The summed E-state index contributed by atoms with van der Waals surface area (Å²) >= 11 is 0. The fourth-order valence-corrected chi connectivity index (χ4v) is 2.29. The number of aliphatic hydroxyl groups is 1. The summed E-state index contributed by atoms with van der Waals surface area (Å²) in [7, 11) is 0. The molecule has 0 bridgehead atoms. The molecule has 2 N–H and O–H groups in total. The Morgan fingerprint density at radius 1 is 1.43 bits per heavy atom. The molecule has 7 heteroatoms. The molecule has 1 unspecified atom stereocenters. The minimum atomic E-state index is -0.569. The molecule has 120 valence electrons. The molecular formula is C14H26N4O3. The zero-order chi connectivity index (χ0) is 16.4. The largest absolute Gasteiger partial charge is 0.391 e. The lowest BCUT2D eigenvalue weighted by atomic mass is 9.89. The van der Waals surface area contributed by atoms with Crippen LogP contribution in [-0.2, 0) is 0 Å². The Kier molecular flexibility index (Phi) is 5.33. The van der Waals surface area contributed by atoms with Gasteiger partial charge in [-0.25, -0.2) is 4.68 Å². The molecule has 0 fully saturated rings. The SMILES string of the molecule is Cc1nn(C(C)C)c(NCC(O)CC(C)(C)C)c1[N+](=O)[O-]. The van der Waals surface area contributed by atoms with Gasteiger partial charge in [0.1, 0.15) is 5.69 Å². The van der Waals surface area contributed by atoms with Gasteiger partial charge in [-0.2, -0.15) is 5.10 Å². The summed E-state index contributed by atoms with van der Waals surface area (Å²) in [6, 6.07) is -0.000316. The molecule has 0 aliphatic heterocycles. The Balaban J connectivity index is 2.94. The molecule has 0 aliphatic carbocycles. The standard InChI is InChI=1S/C14H26N4O3/c1-9(2)17-13(12(18(20)21)10(3)16-17)15-8-11(19)7-14(4,5)6/h9,11,15,19H,7-8H2,1-6H3. The molecule has 0 amide bonds. The topological polar surface area (TPSA) is 93.2 Å². The Morgan fingerprint density at radius 3 is 2.43 bits per heavy atom. The quantitative estimate of drug-likeness (QED) is 0.622. The van der Waals surface area contributed by atoms with Crippen LogP contribution in [0.2, 0.25) is 0 Å². The second kappa shape index (κ2) is 6.43. The van der Waals surface area contributed by atoms with Crippen molar-refractivity contribution >= 4 is 11.5 Å². The van der Waals surface area contributed by atoms with Crippen LogP contribution in [0.25, 0.3) is 0 Å². The summed E-state index contributed by atoms with van der Waals surface area (Å²) in [4.78, 5) is 10.8. The van der Waals surface area contributed by atoms with E-state index in [2.05, 4.69) is 10.4 Å². The predicted octanol–water partition coefficient (Wildman–Crippen LogP) is 2.89. The second-order valence-corrected chi connectivity index (χ2v) is 6.88. The highest BCUT2D eigenvalue weighted by atomic mass is 16.6. The third kappa shape index (κ3) is 4.70. The summed E-state index contributed by atoms with van der Waals surface area (Å²) in [5.74, 6) is 0.362. The first-order valence-electron chi connectivity index (χ1n) is 7.18. The van der Waals surface area contributed by atoms with E-state index in [0.29, 0.717) is 17.9 Å². The fraction of sp³-hybridized carbons (Fsp3) is 0.786. The Bertz CT molecular complexity index is 503. The zero-order valence-electron chi connectivity index (χ0n) is 13.7. The molecular weight excluding hydrogens is 272 g/mol. The molecule has 1 atom stereocenters. The third-order valence-corrected chi connectivity index (χ3v) is 3.08. The second-order valence-electron chi connectivity index (χ2n) is 6.88. The number of aliphatic hydroxyl groups excluding tert-OH is 1. The average molecular weight is 298 g/mol. The average Bonchev–Trinajstić information content (AvgIpc) is 2.61. The van der Waals surface area contributed by atoms with Crippen LogP contribution < -0.4 is 5.32 Å². The number of hydrogen-bond donors (Lipinski definition) is 2. The van der Waals surface area contributed by atoms with E-state index in [1.165, 1.54) is 0 Å². The van der Waals surface area contributed by atoms with Gasteiger partial charge in [0.15, 0.2) is 0 Å². The van der Waals surface area contributed by atoms with E-state index in [1.807, 2.05) is 34.6 Å². The van der Waals surface area contributed by atoms with Crippen molar-refractivity contribution in [2.24, 2.45) is 5.41 Å². The number of aromatic nitrogens is 2. The molecule has 21 heavy (non-hydrogen) atoms. The molecule has 1 heterocycles. The summed E-state index contributed by atoms with van der Waals surface area (Å²) in [5, 5.41) is 28.5. The lowest BCUT2D eigenvalue weighted by Crippen LogP contribution is -2.26. The van der Waals surface area contributed by atoms with Crippen molar-refractivity contribution in [1.29, 1.82) is 0 Å². The summed E-state index contributed by atoms with van der Waals surface area (Å²) in [6.45, 7) is 11.8. The Hall–Kier alpha value is -1.63. The number of nitrogens with zero attached hydrogens (tertiary/aromatic N) is 3. The highest BCUT2D eigenvalue weighted by Crippen LogP contribution is 2.31. The van der Waals surface area contributed by atoms with Gasteiger partial charge in [0, 0.05) is 12.6 Å². The van der Waals surface area contributed by atoms with Gasteiger partial charge < -0.3 is 10.4 Å². The van der Waals surface area contributed by atoms with Crippen LogP contribution in [-0.4, -0.2) is 32.5 Å². The smallest absolute Gasteiger partial charge is 0.333 e. The van der Waals surface area contributed by atoms with Gasteiger partial charge in [0.25, 0.3) is 0 Å². The molecule has 0 aliphatic rings. The van der Waals surface area contributed by atoms with Crippen LogP contribution in [0, 0.1) is 22.5 Å². The maximum atomic E-state index is 11.2. The van der Waals surface area contributed by atoms with Gasteiger partial charge in [-0.05, 0) is 32.6 Å². The van der Waals surface area contributed by atoms with Crippen molar-refractivity contribution in [3.63, 3.8) is 0 Å². The molecule has 7 nitrogen and oxygen atoms in total. The first kappa shape index (κ1) is 17.4. The van der Waals surface area contributed by atoms with Gasteiger partial charge in [-0.15, -0.1) is 0 Å². The van der Waals surface area contributed by atoms with E-state index in [1.54, 1.807) is 11.6 Å². The van der Waals surface area contributed by atoms with Crippen molar-refractivity contribution in [3.8, 4) is 0 Å². The molecule has 0 radical (unpaired) electrons. The molecule has 0 aromatic carbocycles. The first-order chi connectivity index (χ1) is 9.53. The Labute approximate surface area is 125 Å². The normalized spacial score (nSPS) is 13.5. The lowest BCUT2D eigenvalue weighted by Gasteiger charge is -2.23. The predicted molar refractivity (Wildman–Crippen MR) is 82.6 cm³/mol. The number of nitrogens with one attached hydrogen (secondary N) is 1. The van der Waals surface area contributed by atoms with Gasteiger partial charge >= 0.3 is 5.69 Å². The van der Waals surface area contributed by atoms with Crippen molar-refractivity contribution in [2.45, 2.75) is 60.1 Å². The molecule has 0 saturated carbocycles. The van der Waals surface area contributed by atoms with Crippen LogP contribution >= 0.6 is 0 Å². The maximum absolute atomic E-state index is 11.2. The lowest BCUT2D eigenvalue weighted by molar-refractivity contribution is -0.384. The summed E-state index contributed by atoms with van der Waals surface area (Å²) < 4.78 is 1.59. The van der Waals surface area contributed by atoms with E-state index in [0.717, 1.165) is 0 Å². The van der Waals surface area contributed by atoms with E-state index in [4.69, 9.17) is 0 Å². The van der Waals surface area contributed by atoms with Gasteiger partial charge in [0.2, 0.25) is 5.82 Å². The number of rotatable bonds is 6. The van der Waals surface area contributed by atoms with E-state index in [-0.39, 0.29) is 23.7 Å². The van der Waals surface area contributed by atoms with Crippen molar-refractivity contribution < 1.29 is 10.0 Å². The highest BCUT2D eigenvalue weighted by Gasteiger charge is 2.27. The molecule has 1 rings (SSSR count). The van der Waals surface area contributed by atoms with Gasteiger partial charge in [-0.3, -0.25) is 10.1 Å². The summed E-state index contributed by atoms with van der Waals surface area (Å²) in [6.07, 6.45) is 0.0446. The minimum absolute atomic E-state index is 0.000316. The Morgan fingerprint density at radius 2 is 2.00 bits per heavy atom. The van der Waals surface area contributed by atoms with Crippen LogP contribution in [0.3, 0.4) is 0 Å². The van der Waals surface area contributed by atoms with Gasteiger partial charge in [0.05, 0.1) is 11.0 Å². The van der Waals surface area contributed by atoms with E-state index < -0.39 is 11.0 Å². The number of hydrogen-bond acceptors (Lipinski definition) is 5. The zero-order valence-corrected chi connectivity index (χ0v) is 13.7. The molecule has 1 aromatic heterocycles. The van der Waals surface area contributed by atoms with Crippen LogP contribution in [0.5, 0.6) is 0 Å². The van der Waals surface area contributed by atoms with Crippen molar-refractivity contribution in [2.75, 3.05) is 11.9 Å². The van der Waals surface area contributed by atoms with Crippen LogP contribution in [0.15, 0.2) is 0 Å². The van der Waals surface area contributed by atoms with E-state index in [9.17, 15) is 15.2 Å². The van der Waals surface area contributed by atoms with Gasteiger partial charge in [-0.1, -0.05) is 20.8 Å². The highest BCUT2D eigenvalue weighted by molar-refractivity contribution is 5.59. The van der Waals surface area contributed by atoms with Crippen molar-refractivity contribution in [3.05, 3.63) is 15.8 Å². The number of aryl methyl sites for hydroxylation is 1. The minimum Gasteiger partial charge on any atom is -0.391 e. The van der Waals surface area contributed by atoms with Crippen LogP contribution in [0.1, 0.15) is 52.8 Å². The third-order valence-electron chi connectivity index (χ3n) is 3.08.